The fourth-order valence-electron chi connectivity index (χ4n) is 9.51. The molecule has 3 N–H and O–H groups in total. The highest BCUT2D eigenvalue weighted by atomic mass is 16.6. The van der Waals surface area contributed by atoms with Gasteiger partial charge in [0.15, 0.2) is 0 Å². The van der Waals surface area contributed by atoms with Crippen LogP contribution in [0.15, 0.2) is 11.6 Å². The van der Waals surface area contributed by atoms with Gasteiger partial charge in [-0.25, -0.2) is 4.79 Å². The van der Waals surface area contributed by atoms with E-state index in [4.69, 9.17) is 9.84 Å². The lowest BCUT2D eigenvalue weighted by Crippen LogP contribution is -2.51. The van der Waals surface area contributed by atoms with Crippen LogP contribution < -0.4 is 10.6 Å². The summed E-state index contributed by atoms with van der Waals surface area (Å²) in [6, 6.07) is 0. The second-order valence-corrected chi connectivity index (χ2v) is 14.4. The number of fused-ring (bicyclic) bond motifs is 5. The monoisotopic (exact) mass is 558 g/mol. The number of alkyl carbamates (subject to hydrolysis) is 1. The molecule has 4 aliphatic carbocycles. The Balaban J connectivity index is 1.29. The van der Waals surface area contributed by atoms with Gasteiger partial charge in [0, 0.05) is 19.5 Å². The molecule has 4 rings (SSSR count). The molecular formula is C33H54N2O5. The summed E-state index contributed by atoms with van der Waals surface area (Å²) in [7, 11) is 0. The van der Waals surface area contributed by atoms with Crippen molar-refractivity contribution < 1.29 is 24.2 Å². The minimum absolute atomic E-state index is 0.117. The lowest BCUT2D eigenvalue weighted by molar-refractivity contribution is -0.140. The standard InChI is InChI=1S/C33H54N2O5/c1-21(2)7-6-8-22(3)26-11-12-27-25-10-9-23-19-24(13-15-32(23,4)28(25)14-16-33(26,27)5)40-31(39)35-18-17-34-29(36)20-30(37)38/h9,21-22,24-28H,6-8,10-20H2,1-5H3,(H,34,36)(H,35,39)(H,37,38)/t22-,24+,25?,26-,27?,28?,32+,33-/m1/s1. The Hall–Kier alpha value is -2.05. The van der Waals surface area contributed by atoms with Crippen molar-refractivity contribution in [3.63, 3.8) is 0 Å². The van der Waals surface area contributed by atoms with E-state index in [0.717, 1.165) is 54.8 Å². The summed E-state index contributed by atoms with van der Waals surface area (Å²) in [5, 5.41) is 13.8. The second kappa shape index (κ2) is 12.9. The fourth-order valence-corrected chi connectivity index (χ4v) is 9.51. The average Bonchev–Trinajstić information content (AvgIpc) is 3.23. The third-order valence-corrected chi connectivity index (χ3v) is 11.6. The van der Waals surface area contributed by atoms with E-state index in [1.165, 1.54) is 56.9 Å². The lowest BCUT2D eigenvalue weighted by atomic mass is 9.47. The summed E-state index contributed by atoms with van der Waals surface area (Å²) in [5.74, 6) is 3.14. The number of carboxylic acids is 1. The van der Waals surface area contributed by atoms with Gasteiger partial charge in [-0.1, -0.05) is 65.5 Å². The van der Waals surface area contributed by atoms with E-state index >= 15 is 0 Å². The molecule has 3 unspecified atom stereocenters. The molecule has 7 nitrogen and oxygen atoms in total. The van der Waals surface area contributed by atoms with Crippen LogP contribution in [0.3, 0.4) is 0 Å². The number of nitrogens with one attached hydrogen (secondary N) is 2. The molecule has 0 aromatic rings. The Morgan fingerprint density at radius 2 is 1.75 bits per heavy atom. The van der Waals surface area contributed by atoms with E-state index in [1.807, 2.05) is 0 Å². The Morgan fingerprint density at radius 1 is 1.00 bits per heavy atom. The molecule has 7 heteroatoms. The fraction of sp³-hybridized carbons (Fsp3) is 0.848. The van der Waals surface area contributed by atoms with Crippen LogP contribution in [0.4, 0.5) is 4.79 Å². The van der Waals surface area contributed by atoms with Gasteiger partial charge in [0.05, 0.1) is 0 Å². The number of aliphatic carboxylic acids is 1. The molecule has 3 saturated carbocycles. The van der Waals surface area contributed by atoms with Crippen LogP contribution in [0.5, 0.6) is 0 Å². The van der Waals surface area contributed by atoms with Crippen molar-refractivity contribution in [2.75, 3.05) is 13.1 Å². The largest absolute Gasteiger partial charge is 0.481 e. The van der Waals surface area contributed by atoms with Crippen LogP contribution in [0.25, 0.3) is 0 Å². The van der Waals surface area contributed by atoms with Gasteiger partial charge in [0.1, 0.15) is 12.5 Å². The highest BCUT2D eigenvalue weighted by Gasteiger charge is 2.59. The Labute approximate surface area is 241 Å². The van der Waals surface area contributed by atoms with Crippen molar-refractivity contribution in [2.45, 2.75) is 118 Å². The quantitative estimate of drug-likeness (QED) is 0.148. The van der Waals surface area contributed by atoms with Crippen molar-refractivity contribution in [2.24, 2.45) is 46.3 Å². The number of hydrogen-bond donors (Lipinski definition) is 3. The smallest absolute Gasteiger partial charge is 0.407 e. The zero-order valence-electron chi connectivity index (χ0n) is 25.6. The van der Waals surface area contributed by atoms with Crippen LogP contribution in [-0.2, 0) is 14.3 Å². The van der Waals surface area contributed by atoms with Gasteiger partial charge < -0.3 is 20.5 Å². The van der Waals surface area contributed by atoms with Crippen molar-refractivity contribution in [3.8, 4) is 0 Å². The maximum absolute atomic E-state index is 12.4. The molecule has 0 aromatic heterocycles. The third-order valence-electron chi connectivity index (χ3n) is 11.6. The minimum atomic E-state index is -1.17. The van der Waals surface area contributed by atoms with E-state index in [-0.39, 0.29) is 24.6 Å². The number of allylic oxidation sites excluding steroid dienone is 1. The average molecular weight is 559 g/mol. The number of carbonyl (C=O) groups excluding carboxylic acids is 2. The van der Waals surface area contributed by atoms with Crippen LogP contribution >= 0.6 is 0 Å². The third kappa shape index (κ3) is 6.70. The normalized spacial score (nSPS) is 35.5. The first-order valence-electron chi connectivity index (χ1n) is 16.1. The molecule has 4 aliphatic rings. The Bertz CT molecular complexity index is 962. The van der Waals surface area contributed by atoms with Crippen LogP contribution in [0.1, 0.15) is 112 Å². The molecule has 0 heterocycles. The zero-order valence-corrected chi connectivity index (χ0v) is 25.6. The van der Waals surface area contributed by atoms with Crippen molar-refractivity contribution >= 4 is 18.0 Å². The predicted octanol–water partition coefficient (Wildman–Crippen LogP) is 6.71. The van der Waals surface area contributed by atoms with Gasteiger partial charge in [0.25, 0.3) is 0 Å². The molecule has 0 spiro atoms. The number of amides is 2. The van der Waals surface area contributed by atoms with Gasteiger partial charge >= 0.3 is 12.1 Å². The molecule has 2 amide bonds. The predicted molar refractivity (Wildman–Crippen MR) is 157 cm³/mol. The summed E-state index contributed by atoms with van der Waals surface area (Å²) in [6.07, 6.45) is 15.0. The van der Waals surface area contributed by atoms with Crippen molar-refractivity contribution in [3.05, 3.63) is 11.6 Å². The number of carbonyl (C=O) groups is 3. The maximum atomic E-state index is 12.4. The molecule has 0 bridgehead atoms. The molecule has 8 atom stereocenters. The Kier molecular flexibility index (Phi) is 9.93. The summed E-state index contributed by atoms with van der Waals surface area (Å²) in [4.78, 5) is 34.4. The molecule has 40 heavy (non-hydrogen) atoms. The summed E-state index contributed by atoms with van der Waals surface area (Å²) in [5.41, 5.74) is 2.21. The highest BCUT2D eigenvalue weighted by Crippen LogP contribution is 2.67. The summed E-state index contributed by atoms with van der Waals surface area (Å²) < 4.78 is 5.77. The first-order chi connectivity index (χ1) is 18.9. The molecule has 0 radical (unpaired) electrons. The lowest BCUT2D eigenvalue weighted by Gasteiger charge is -2.58. The van der Waals surface area contributed by atoms with E-state index in [0.29, 0.717) is 5.41 Å². The van der Waals surface area contributed by atoms with E-state index in [9.17, 15) is 14.4 Å². The van der Waals surface area contributed by atoms with Crippen molar-refractivity contribution in [1.29, 1.82) is 0 Å². The first-order valence-corrected chi connectivity index (χ1v) is 16.1. The highest BCUT2D eigenvalue weighted by molar-refractivity contribution is 5.93. The van der Waals surface area contributed by atoms with Crippen LogP contribution in [0, 0.1) is 46.3 Å². The topological polar surface area (TPSA) is 105 Å². The van der Waals surface area contributed by atoms with E-state index in [2.05, 4.69) is 51.3 Å². The SMILES string of the molecule is CC(C)CCC[C@@H](C)[C@H]1CCC2C3CC=C4C[C@@H](OC(=O)NCCNC(=O)CC(=O)O)CC[C@]4(C)C3CC[C@@]21C. The molecule has 0 aromatic carbocycles. The number of ether oxygens (including phenoxy) is 1. The van der Waals surface area contributed by atoms with Gasteiger partial charge in [-0.05, 0) is 91.3 Å². The van der Waals surface area contributed by atoms with Crippen LogP contribution in [-0.4, -0.2) is 42.3 Å². The van der Waals surface area contributed by atoms with Gasteiger partial charge in [-0.2, -0.15) is 0 Å². The molecular weight excluding hydrogens is 504 g/mol. The van der Waals surface area contributed by atoms with Gasteiger partial charge in [-0.15, -0.1) is 0 Å². The molecule has 0 aliphatic heterocycles. The van der Waals surface area contributed by atoms with Gasteiger partial charge in [-0.3, -0.25) is 9.59 Å². The molecule has 3 fully saturated rings. The molecule has 0 saturated heterocycles. The van der Waals surface area contributed by atoms with Crippen molar-refractivity contribution in [1.82, 2.24) is 10.6 Å². The van der Waals surface area contributed by atoms with E-state index < -0.39 is 24.4 Å². The van der Waals surface area contributed by atoms with Crippen LogP contribution in [0.2, 0.25) is 0 Å². The maximum Gasteiger partial charge on any atom is 0.407 e. The first kappa shape index (κ1) is 30.9. The van der Waals surface area contributed by atoms with Gasteiger partial charge in [0.2, 0.25) is 5.91 Å². The number of carboxylic acid groups (broad SMARTS) is 1. The zero-order chi connectivity index (χ0) is 29.1. The summed E-state index contributed by atoms with van der Waals surface area (Å²) >= 11 is 0. The minimum Gasteiger partial charge on any atom is -0.481 e. The van der Waals surface area contributed by atoms with E-state index in [1.54, 1.807) is 0 Å². The second-order valence-electron chi connectivity index (χ2n) is 14.4. The molecule has 226 valence electrons. The number of hydrogen-bond acceptors (Lipinski definition) is 4. The summed E-state index contributed by atoms with van der Waals surface area (Å²) in [6.45, 7) is 12.8. The Morgan fingerprint density at radius 3 is 2.48 bits per heavy atom. The number of rotatable bonds is 11.